The van der Waals surface area contributed by atoms with Gasteiger partial charge >= 0.3 is 0 Å². The van der Waals surface area contributed by atoms with Gasteiger partial charge in [-0.3, -0.25) is 0 Å². The Kier molecular flexibility index (Phi) is 3.10. The lowest BCUT2D eigenvalue weighted by atomic mass is 10.1. The monoisotopic (exact) mass is 207 g/mol. The summed E-state index contributed by atoms with van der Waals surface area (Å²) in [6.45, 7) is 7.93. The molecule has 1 N–H and O–H groups in total. The van der Waals surface area contributed by atoms with Crippen LogP contribution in [-0.4, -0.2) is 16.1 Å². The normalized spacial score (nSPS) is 23.6. The highest BCUT2D eigenvalue weighted by atomic mass is 15.1. The first-order chi connectivity index (χ1) is 7.20. The lowest BCUT2D eigenvalue weighted by molar-refractivity contribution is 0.387. The molecule has 0 saturated carbocycles. The van der Waals surface area contributed by atoms with Crippen molar-refractivity contribution in [3.8, 4) is 0 Å². The minimum absolute atomic E-state index is 0.522. The molecule has 2 unspecified atom stereocenters. The largest absolute Gasteiger partial charge is 0.330 e. The van der Waals surface area contributed by atoms with Crippen molar-refractivity contribution in [2.75, 3.05) is 6.54 Å². The van der Waals surface area contributed by atoms with Crippen molar-refractivity contribution in [2.24, 2.45) is 5.92 Å². The molecular weight excluding hydrogens is 186 g/mol. The molecule has 3 nitrogen and oxygen atoms in total. The Morgan fingerprint density at radius 3 is 2.87 bits per heavy atom. The summed E-state index contributed by atoms with van der Waals surface area (Å²) < 4.78 is 2.33. The van der Waals surface area contributed by atoms with Crippen LogP contribution in [0.5, 0.6) is 0 Å². The highest BCUT2D eigenvalue weighted by molar-refractivity contribution is 5.08. The van der Waals surface area contributed by atoms with Crippen molar-refractivity contribution in [2.45, 2.75) is 45.7 Å². The van der Waals surface area contributed by atoms with Crippen LogP contribution in [0, 0.1) is 5.92 Å². The van der Waals surface area contributed by atoms with E-state index in [1.165, 1.54) is 18.5 Å². The second-order valence-corrected chi connectivity index (χ2v) is 4.86. The van der Waals surface area contributed by atoms with Crippen LogP contribution in [-0.2, 0) is 0 Å². The number of hydrogen-bond acceptors (Lipinski definition) is 2. The summed E-state index contributed by atoms with van der Waals surface area (Å²) in [7, 11) is 0. The molecular formula is C12H21N3. The van der Waals surface area contributed by atoms with Gasteiger partial charge in [-0.1, -0.05) is 13.8 Å². The smallest absolute Gasteiger partial charge is 0.0951 e. The summed E-state index contributed by atoms with van der Waals surface area (Å²) in [5.41, 5.74) is 1.36. The zero-order valence-electron chi connectivity index (χ0n) is 9.90. The molecule has 2 heterocycles. The second kappa shape index (κ2) is 4.35. The van der Waals surface area contributed by atoms with Gasteiger partial charge in [0.1, 0.15) is 0 Å². The van der Waals surface area contributed by atoms with E-state index < -0.39 is 0 Å². The average Bonchev–Trinajstić information content (AvgIpc) is 2.86. The van der Waals surface area contributed by atoms with Gasteiger partial charge in [-0.05, 0) is 32.2 Å². The Hall–Kier alpha value is -0.830. The SMILES string of the molecule is CC(C)C(C)n1cncc1C1CCCN1. The fourth-order valence-electron chi connectivity index (χ4n) is 2.18. The molecule has 15 heavy (non-hydrogen) atoms. The first-order valence-corrected chi connectivity index (χ1v) is 5.95. The maximum atomic E-state index is 4.29. The van der Waals surface area contributed by atoms with Gasteiger partial charge in [-0.25, -0.2) is 4.98 Å². The summed E-state index contributed by atoms with van der Waals surface area (Å²) in [5.74, 6) is 0.652. The van der Waals surface area contributed by atoms with Crippen LogP contribution in [0.3, 0.4) is 0 Å². The van der Waals surface area contributed by atoms with E-state index in [2.05, 4.69) is 35.6 Å². The Morgan fingerprint density at radius 1 is 1.47 bits per heavy atom. The highest BCUT2D eigenvalue weighted by Gasteiger charge is 2.22. The molecule has 84 valence electrons. The standard InChI is InChI=1S/C12H21N3/c1-9(2)10(3)15-8-13-7-12(15)11-5-4-6-14-11/h7-11,14H,4-6H2,1-3H3. The third-order valence-electron chi connectivity index (χ3n) is 3.52. The molecule has 0 aliphatic carbocycles. The predicted octanol–water partition coefficient (Wildman–Crippen LogP) is 2.52. The molecule has 3 heteroatoms. The van der Waals surface area contributed by atoms with Crippen LogP contribution in [0.1, 0.15) is 51.4 Å². The number of imidazole rings is 1. The van der Waals surface area contributed by atoms with Crippen LogP contribution in [0.2, 0.25) is 0 Å². The van der Waals surface area contributed by atoms with E-state index in [-0.39, 0.29) is 0 Å². The van der Waals surface area contributed by atoms with Crippen molar-refractivity contribution in [1.82, 2.24) is 14.9 Å². The van der Waals surface area contributed by atoms with E-state index in [0.29, 0.717) is 18.0 Å². The predicted molar refractivity (Wildman–Crippen MR) is 61.8 cm³/mol. The molecule has 0 amide bonds. The molecule has 1 aromatic heterocycles. The Balaban J connectivity index is 2.21. The van der Waals surface area contributed by atoms with E-state index in [1.54, 1.807) is 0 Å². The Morgan fingerprint density at radius 2 is 2.27 bits per heavy atom. The quantitative estimate of drug-likeness (QED) is 0.825. The molecule has 1 aromatic rings. The number of nitrogens with zero attached hydrogens (tertiary/aromatic N) is 2. The maximum Gasteiger partial charge on any atom is 0.0951 e. The first-order valence-electron chi connectivity index (χ1n) is 5.95. The summed E-state index contributed by atoms with van der Waals surface area (Å²) in [4.78, 5) is 4.29. The molecule has 1 aliphatic rings. The summed E-state index contributed by atoms with van der Waals surface area (Å²) >= 11 is 0. The van der Waals surface area contributed by atoms with Crippen molar-refractivity contribution in [3.63, 3.8) is 0 Å². The molecule has 1 fully saturated rings. The van der Waals surface area contributed by atoms with E-state index >= 15 is 0 Å². The van der Waals surface area contributed by atoms with Crippen LogP contribution in [0.4, 0.5) is 0 Å². The summed E-state index contributed by atoms with van der Waals surface area (Å²) in [5, 5.41) is 3.53. The van der Waals surface area contributed by atoms with Gasteiger partial charge in [0.25, 0.3) is 0 Å². The topological polar surface area (TPSA) is 29.9 Å². The summed E-state index contributed by atoms with van der Waals surface area (Å²) in [6, 6.07) is 1.05. The number of nitrogens with one attached hydrogen (secondary N) is 1. The first kappa shape index (κ1) is 10.7. The van der Waals surface area contributed by atoms with Crippen molar-refractivity contribution in [1.29, 1.82) is 0 Å². The fourth-order valence-corrected chi connectivity index (χ4v) is 2.18. The van der Waals surface area contributed by atoms with Crippen molar-refractivity contribution in [3.05, 3.63) is 18.2 Å². The number of hydrogen-bond donors (Lipinski definition) is 1. The van der Waals surface area contributed by atoms with Gasteiger partial charge in [0, 0.05) is 18.3 Å². The molecule has 0 aromatic carbocycles. The molecule has 0 bridgehead atoms. The zero-order valence-corrected chi connectivity index (χ0v) is 9.90. The van der Waals surface area contributed by atoms with Gasteiger partial charge in [-0.15, -0.1) is 0 Å². The van der Waals surface area contributed by atoms with Crippen molar-refractivity contribution >= 4 is 0 Å². The van der Waals surface area contributed by atoms with Gasteiger partial charge < -0.3 is 9.88 Å². The van der Waals surface area contributed by atoms with Crippen LogP contribution in [0.15, 0.2) is 12.5 Å². The Labute approximate surface area is 91.9 Å². The molecule has 0 spiro atoms. The maximum absolute atomic E-state index is 4.29. The van der Waals surface area contributed by atoms with Gasteiger partial charge in [0.05, 0.1) is 12.0 Å². The fraction of sp³-hybridized carbons (Fsp3) is 0.750. The van der Waals surface area contributed by atoms with Crippen molar-refractivity contribution < 1.29 is 0 Å². The highest BCUT2D eigenvalue weighted by Crippen LogP contribution is 2.27. The van der Waals surface area contributed by atoms with Gasteiger partial charge in [0.2, 0.25) is 0 Å². The molecule has 1 saturated heterocycles. The summed E-state index contributed by atoms with van der Waals surface area (Å²) in [6.07, 6.45) is 6.52. The minimum atomic E-state index is 0.522. The van der Waals surface area contributed by atoms with Crippen LogP contribution in [0.25, 0.3) is 0 Å². The lowest BCUT2D eigenvalue weighted by Crippen LogP contribution is -2.20. The van der Waals surface area contributed by atoms with Crippen LogP contribution < -0.4 is 5.32 Å². The molecule has 0 radical (unpaired) electrons. The second-order valence-electron chi connectivity index (χ2n) is 4.86. The Bertz CT molecular complexity index is 294. The van der Waals surface area contributed by atoms with E-state index in [4.69, 9.17) is 0 Å². The number of rotatable bonds is 3. The third-order valence-corrected chi connectivity index (χ3v) is 3.52. The molecule has 2 atom stereocenters. The number of aromatic nitrogens is 2. The average molecular weight is 207 g/mol. The van der Waals surface area contributed by atoms with Crippen LogP contribution >= 0.6 is 0 Å². The van der Waals surface area contributed by atoms with Gasteiger partial charge in [0.15, 0.2) is 0 Å². The van der Waals surface area contributed by atoms with E-state index in [9.17, 15) is 0 Å². The lowest BCUT2D eigenvalue weighted by Gasteiger charge is -2.22. The van der Waals surface area contributed by atoms with E-state index in [1.807, 2.05) is 12.5 Å². The van der Waals surface area contributed by atoms with Gasteiger partial charge in [-0.2, -0.15) is 0 Å². The molecule has 2 rings (SSSR count). The zero-order chi connectivity index (χ0) is 10.8. The third kappa shape index (κ3) is 2.07. The van der Waals surface area contributed by atoms with E-state index in [0.717, 1.165) is 6.54 Å². The molecule has 1 aliphatic heterocycles. The minimum Gasteiger partial charge on any atom is -0.330 e.